The van der Waals surface area contributed by atoms with Crippen LogP contribution in [-0.4, -0.2) is 33.9 Å². The van der Waals surface area contributed by atoms with Crippen molar-refractivity contribution < 1.29 is 9.52 Å². The zero-order valence-electron chi connectivity index (χ0n) is 15.4. The van der Waals surface area contributed by atoms with Gasteiger partial charge in [0.15, 0.2) is 5.96 Å². The van der Waals surface area contributed by atoms with Crippen LogP contribution in [0.4, 0.5) is 0 Å². The molecule has 3 aromatic rings. The number of aliphatic hydroxyl groups is 1. The number of furan rings is 1. The Balaban J connectivity index is 1.67. The molecule has 0 saturated heterocycles. The van der Waals surface area contributed by atoms with Crippen LogP contribution in [0.1, 0.15) is 25.2 Å². The van der Waals surface area contributed by atoms with E-state index in [9.17, 15) is 5.11 Å². The molecule has 0 spiro atoms. The van der Waals surface area contributed by atoms with Crippen LogP contribution in [0.2, 0.25) is 0 Å². The highest BCUT2D eigenvalue weighted by molar-refractivity contribution is 5.80. The minimum Gasteiger partial charge on any atom is -0.459 e. The summed E-state index contributed by atoms with van der Waals surface area (Å²) in [6.07, 6.45) is 3.47. The molecule has 7 heteroatoms. The van der Waals surface area contributed by atoms with E-state index in [0.717, 1.165) is 28.8 Å². The van der Waals surface area contributed by atoms with Gasteiger partial charge in [-0.1, -0.05) is 18.2 Å². The average Bonchev–Trinajstić information content (AvgIpc) is 3.23. The largest absolute Gasteiger partial charge is 0.459 e. The summed E-state index contributed by atoms with van der Waals surface area (Å²) in [7, 11) is 1.83. The van der Waals surface area contributed by atoms with E-state index in [1.54, 1.807) is 24.0 Å². The van der Waals surface area contributed by atoms with Crippen molar-refractivity contribution in [1.82, 2.24) is 20.4 Å². The highest BCUT2D eigenvalue weighted by Crippen LogP contribution is 2.20. The number of aliphatic imine (C=N–C) groups is 1. The monoisotopic (exact) mass is 355 g/mol. The summed E-state index contributed by atoms with van der Waals surface area (Å²) in [5, 5.41) is 22.2. The molecule has 0 aliphatic heterocycles. The second kappa shape index (κ2) is 7.61. The first-order valence-electron chi connectivity index (χ1n) is 8.69. The Kier molecular flexibility index (Phi) is 5.27. The van der Waals surface area contributed by atoms with Crippen LogP contribution in [0.3, 0.4) is 0 Å². The Morgan fingerprint density at radius 3 is 2.85 bits per heavy atom. The highest BCUT2D eigenvalue weighted by Gasteiger charge is 2.25. The summed E-state index contributed by atoms with van der Waals surface area (Å²) in [5.74, 6) is 1.42. The maximum atomic E-state index is 10.7. The quantitative estimate of drug-likeness (QED) is 0.466. The van der Waals surface area contributed by atoms with Crippen LogP contribution in [0.25, 0.3) is 11.0 Å². The standard InChI is InChI=1S/C19H25N5O2/c1-4-20-18(22-13-19(2,25)15-10-23-24(3)12-15)21-11-16-9-14-7-5-6-8-17(14)26-16/h5-10,12,25H,4,11,13H2,1-3H3,(H2,20,21,22). The average molecular weight is 355 g/mol. The van der Waals surface area contributed by atoms with E-state index in [-0.39, 0.29) is 0 Å². The van der Waals surface area contributed by atoms with Gasteiger partial charge < -0.3 is 20.2 Å². The van der Waals surface area contributed by atoms with Crippen molar-refractivity contribution in [3.63, 3.8) is 0 Å². The van der Waals surface area contributed by atoms with Crippen molar-refractivity contribution in [3.8, 4) is 0 Å². The summed E-state index contributed by atoms with van der Waals surface area (Å²) in [6, 6.07) is 9.88. The van der Waals surface area contributed by atoms with E-state index in [1.165, 1.54) is 0 Å². The maximum absolute atomic E-state index is 10.7. The third-order valence-corrected chi connectivity index (χ3v) is 4.14. The molecule has 3 rings (SSSR count). The van der Waals surface area contributed by atoms with Gasteiger partial charge in [-0.05, 0) is 26.0 Å². The summed E-state index contributed by atoms with van der Waals surface area (Å²) in [6.45, 7) is 5.20. The molecular formula is C19H25N5O2. The number of benzene rings is 1. The van der Waals surface area contributed by atoms with Gasteiger partial charge in [-0.25, -0.2) is 4.99 Å². The predicted molar refractivity (Wildman–Crippen MR) is 102 cm³/mol. The molecule has 0 aliphatic rings. The van der Waals surface area contributed by atoms with Gasteiger partial charge in [0.05, 0.1) is 12.7 Å². The Morgan fingerprint density at radius 2 is 2.15 bits per heavy atom. The summed E-state index contributed by atoms with van der Waals surface area (Å²) >= 11 is 0. The van der Waals surface area contributed by atoms with Crippen LogP contribution in [0.15, 0.2) is 52.1 Å². The predicted octanol–water partition coefficient (Wildman–Crippen LogP) is 2.13. The smallest absolute Gasteiger partial charge is 0.191 e. The van der Waals surface area contributed by atoms with E-state index < -0.39 is 5.60 Å². The van der Waals surface area contributed by atoms with Crippen LogP contribution in [0, 0.1) is 0 Å². The minimum absolute atomic E-state index is 0.310. The van der Waals surface area contributed by atoms with Crippen molar-refractivity contribution in [1.29, 1.82) is 0 Å². The number of hydrogen-bond acceptors (Lipinski definition) is 4. The van der Waals surface area contributed by atoms with Crippen LogP contribution in [-0.2, 0) is 19.2 Å². The molecule has 0 fully saturated rings. The second-order valence-corrected chi connectivity index (χ2v) is 6.48. The van der Waals surface area contributed by atoms with Crippen LogP contribution in [0.5, 0.6) is 0 Å². The van der Waals surface area contributed by atoms with E-state index in [0.29, 0.717) is 19.0 Å². The fourth-order valence-electron chi connectivity index (χ4n) is 2.67. The molecule has 0 bridgehead atoms. The van der Waals surface area contributed by atoms with Crippen molar-refractivity contribution >= 4 is 16.9 Å². The number of aromatic nitrogens is 2. The highest BCUT2D eigenvalue weighted by atomic mass is 16.3. The van der Waals surface area contributed by atoms with Gasteiger partial charge in [-0.2, -0.15) is 5.10 Å². The van der Waals surface area contributed by atoms with Gasteiger partial charge >= 0.3 is 0 Å². The van der Waals surface area contributed by atoms with Gasteiger partial charge in [0.25, 0.3) is 0 Å². The van der Waals surface area contributed by atoms with Crippen molar-refractivity contribution in [2.24, 2.45) is 12.0 Å². The van der Waals surface area contributed by atoms with Gasteiger partial charge in [0.1, 0.15) is 23.5 Å². The molecule has 0 saturated carbocycles. The van der Waals surface area contributed by atoms with E-state index in [1.807, 2.05) is 44.3 Å². The first kappa shape index (κ1) is 18.0. The second-order valence-electron chi connectivity index (χ2n) is 6.48. The fourth-order valence-corrected chi connectivity index (χ4v) is 2.67. The molecular weight excluding hydrogens is 330 g/mol. The lowest BCUT2D eigenvalue weighted by Crippen LogP contribution is -2.44. The van der Waals surface area contributed by atoms with Gasteiger partial charge in [0.2, 0.25) is 0 Å². The Bertz CT molecular complexity index is 861. The lowest BCUT2D eigenvalue weighted by atomic mass is 10.00. The molecule has 0 radical (unpaired) electrons. The van der Waals surface area contributed by atoms with Crippen LogP contribution < -0.4 is 10.6 Å². The zero-order chi connectivity index (χ0) is 18.6. The molecule has 1 unspecified atom stereocenters. The minimum atomic E-state index is -1.05. The number of para-hydroxylation sites is 1. The SMILES string of the molecule is CCNC(=NCc1cc2ccccc2o1)NCC(C)(O)c1cnn(C)c1. The molecule has 7 nitrogen and oxygen atoms in total. The molecule has 1 aromatic carbocycles. The Labute approximate surface area is 152 Å². The first-order valence-corrected chi connectivity index (χ1v) is 8.69. The molecule has 26 heavy (non-hydrogen) atoms. The number of nitrogens with zero attached hydrogens (tertiary/aromatic N) is 3. The fraction of sp³-hybridized carbons (Fsp3) is 0.368. The Hall–Kier alpha value is -2.80. The molecule has 1 atom stereocenters. The number of aryl methyl sites for hydroxylation is 1. The van der Waals surface area contributed by atoms with Crippen LogP contribution >= 0.6 is 0 Å². The first-order chi connectivity index (χ1) is 12.5. The maximum Gasteiger partial charge on any atom is 0.191 e. The molecule has 0 amide bonds. The van der Waals surface area contributed by atoms with Crippen molar-refractivity contribution in [2.75, 3.05) is 13.1 Å². The number of nitrogens with one attached hydrogen (secondary N) is 2. The lowest BCUT2D eigenvalue weighted by molar-refractivity contribution is 0.0616. The van der Waals surface area contributed by atoms with Crippen molar-refractivity contribution in [2.45, 2.75) is 26.0 Å². The Morgan fingerprint density at radius 1 is 1.35 bits per heavy atom. The third-order valence-electron chi connectivity index (χ3n) is 4.14. The lowest BCUT2D eigenvalue weighted by Gasteiger charge is -2.23. The molecule has 138 valence electrons. The summed E-state index contributed by atoms with van der Waals surface area (Å²) in [5.41, 5.74) is 0.555. The van der Waals surface area contributed by atoms with E-state index >= 15 is 0 Å². The van der Waals surface area contributed by atoms with Gasteiger partial charge in [-0.3, -0.25) is 4.68 Å². The number of fused-ring (bicyclic) bond motifs is 1. The molecule has 0 aliphatic carbocycles. The van der Waals surface area contributed by atoms with E-state index in [2.05, 4.69) is 20.7 Å². The molecule has 2 aromatic heterocycles. The number of hydrogen-bond donors (Lipinski definition) is 3. The topological polar surface area (TPSA) is 87.6 Å². The zero-order valence-corrected chi connectivity index (χ0v) is 15.4. The van der Waals surface area contributed by atoms with E-state index in [4.69, 9.17) is 4.42 Å². The molecule has 3 N–H and O–H groups in total. The van der Waals surface area contributed by atoms with Gasteiger partial charge in [0, 0.05) is 30.7 Å². The summed E-state index contributed by atoms with van der Waals surface area (Å²) < 4.78 is 7.46. The normalized spacial score (nSPS) is 14.4. The molecule has 2 heterocycles. The van der Waals surface area contributed by atoms with Gasteiger partial charge in [-0.15, -0.1) is 0 Å². The summed E-state index contributed by atoms with van der Waals surface area (Å²) in [4.78, 5) is 4.55. The number of guanidine groups is 1. The number of rotatable bonds is 6. The van der Waals surface area contributed by atoms with Crippen molar-refractivity contribution in [3.05, 3.63) is 54.0 Å². The third kappa shape index (κ3) is 4.23.